The van der Waals surface area contributed by atoms with E-state index in [1.807, 2.05) is 18.2 Å². The molecule has 0 aromatic rings. The highest BCUT2D eigenvalue weighted by atomic mass is 31.2. The van der Waals surface area contributed by atoms with Crippen LogP contribution in [0.4, 0.5) is 0 Å². The lowest BCUT2D eigenvalue weighted by atomic mass is 10.1. The number of hydrogen-bond acceptors (Lipinski definition) is 9. The number of carbonyl (C=O) groups is 3. The van der Waals surface area contributed by atoms with E-state index in [1.165, 1.54) is 25.7 Å². The summed E-state index contributed by atoms with van der Waals surface area (Å²) in [4.78, 5) is 45.9. The van der Waals surface area contributed by atoms with Gasteiger partial charge in [-0.05, 0) is 83.5 Å². The molecule has 4 N–H and O–H groups in total. The first kappa shape index (κ1) is 55.4. The molecule has 0 spiro atoms. The van der Waals surface area contributed by atoms with Crippen molar-refractivity contribution in [1.82, 2.24) is 0 Å². The third kappa shape index (κ3) is 40.9. The van der Waals surface area contributed by atoms with Crippen LogP contribution in [0.3, 0.4) is 0 Å². The molecule has 59 heavy (non-hydrogen) atoms. The summed E-state index contributed by atoms with van der Waals surface area (Å²) in [5.74, 6) is -2.52. The minimum Gasteiger partial charge on any atom is -0.480 e. The van der Waals surface area contributed by atoms with Crippen LogP contribution in [0.15, 0.2) is 97.2 Å². The van der Waals surface area contributed by atoms with Crippen molar-refractivity contribution in [2.24, 2.45) is 5.73 Å². The number of nitrogens with two attached hydrogens (primary N) is 1. The number of carboxylic acids is 1. The lowest BCUT2D eigenvalue weighted by molar-refractivity contribution is -0.161. The summed E-state index contributed by atoms with van der Waals surface area (Å²) >= 11 is 0. The van der Waals surface area contributed by atoms with Gasteiger partial charge in [-0.1, -0.05) is 150 Å². The maximum atomic E-state index is 12.6. The van der Waals surface area contributed by atoms with Gasteiger partial charge in [-0.25, -0.2) is 4.57 Å². The van der Waals surface area contributed by atoms with Crippen molar-refractivity contribution in [3.8, 4) is 0 Å². The van der Waals surface area contributed by atoms with Crippen molar-refractivity contribution in [3.05, 3.63) is 97.2 Å². The number of phosphoric ester groups is 1. The van der Waals surface area contributed by atoms with Gasteiger partial charge in [-0.3, -0.25) is 23.4 Å². The van der Waals surface area contributed by atoms with Crippen LogP contribution in [0.25, 0.3) is 0 Å². The molecule has 12 heteroatoms. The van der Waals surface area contributed by atoms with Crippen LogP contribution in [-0.2, 0) is 37.5 Å². The standard InChI is InChI=1S/C47H76NO10P/c1-3-5-7-9-11-13-15-17-19-21-22-23-25-27-29-31-33-35-37-39-46(50)58-43(41-56-59(53,54)57-42-44(48)47(51)52)40-55-45(49)38-36-34-32-30-28-26-24-20-18-16-14-12-10-8-6-4-2/h5,7,11,13-14,16-17,19-20,22-24,27,29,33,35,43-44H,3-4,6,8-10,12,15,18,21,25-26,28,30-32,34,36-42,48H2,1-2H3,(H,51,52)(H,53,54)/b7-5-,13-11-,16-14-,19-17-,23-22-,24-20-,29-27-,35-33-. The van der Waals surface area contributed by atoms with Crippen LogP contribution < -0.4 is 5.73 Å². The Morgan fingerprint density at radius 3 is 1.49 bits per heavy atom. The van der Waals surface area contributed by atoms with Crippen molar-refractivity contribution in [2.45, 2.75) is 161 Å². The molecule has 0 saturated carbocycles. The maximum Gasteiger partial charge on any atom is 0.472 e. The largest absolute Gasteiger partial charge is 0.480 e. The SMILES string of the molecule is CC/C=C\C/C=C\C/C=C\C/C=C\C/C=C\C/C=C\CCC(=O)OC(COC(=O)CCCCCCC/C=C\C/C=C\CCCCCC)COP(=O)(O)OCC(N)C(=O)O. The van der Waals surface area contributed by atoms with E-state index in [9.17, 15) is 23.8 Å². The van der Waals surface area contributed by atoms with Crippen molar-refractivity contribution in [3.63, 3.8) is 0 Å². The van der Waals surface area contributed by atoms with E-state index in [4.69, 9.17) is 24.8 Å². The number of allylic oxidation sites excluding steroid dienone is 16. The molecule has 0 rings (SSSR count). The molecule has 334 valence electrons. The zero-order valence-electron chi connectivity index (χ0n) is 36.0. The normalized spacial score (nSPS) is 14.6. The van der Waals surface area contributed by atoms with Gasteiger partial charge in [0, 0.05) is 12.8 Å². The van der Waals surface area contributed by atoms with E-state index in [2.05, 4.69) is 97.4 Å². The highest BCUT2D eigenvalue weighted by Crippen LogP contribution is 2.43. The van der Waals surface area contributed by atoms with Crippen molar-refractivity contribution >= 4 is 25.7 Å². The smallest absolute Gasteiger partial charge is 0.472 e. The van der Waals surface area contributed by atoms with E-state index >= 15 is 0 Å². The van der Waals surface area contributed by atoms with Crippen LogP contribution in [0.5, 0.6) is 0 Å². The van der Waals surface area contributed by atoms with Crippen molar-refractivity contribution < 1.29 is 47.5 Å². The Hall–Kier alpha value is -3.60. The number of hydrogen-bond donors (Lipinski definition) is 3. The highest BCUT2D eigenvalue weighted by Gasteiger charge is 2.28. The van der Waals surface area contributed by atoms with E-state index in [1.54, 1.807) is 0 Å². The third-order valence-electron chi connectivity index (χ3n) is 8.58. The molecule has 0 radical (unpaired) electrons. The van der Waals surface area contributed by atoms with Crippen LogP contribution in [0.2, 0.25) is 0 Å². The molecule has 0 heterocycles. The Balaban J connectivity index is 4.54. The summed E-state index contributed by atoms with van der Waals surface area (Å²) in [6.07, 6.45) is 52.0. The van der Waals surface area contributed by atoms with Gasteiger partial charge in [0.25, 0.3) is 0 Å². The molecule has 11 nitrogen and oxygen atoms in total. The molecule has 3 unspecified atom stereocenters. The van der Waals surface area contributed by atoms with Crippen LogP contribution in [0.1, 0.15) is 149 Å². The average Bonchev–Trinajstić information content (AvgIpc) is 3.21. The fraction of sp³-hybridized carbons (Fsp3) is 0.596. The number of esters is 2. The van der Waals surface area contributed by atoms with Crippen LogP contribution >= 0.6 is 7.82 Å². The fourth-order valence-corrected chi connectivity index (χ4v) is 5.96. The van der Waals surface area contributed by atoms with Gasteiger partial charge < -0.3 is 25.2 Å². The molecule has 0 fully saturated rings. The van der Waals surface area contributed by atoms with Gasteiger partial charge in [-0.15, -0.1) is 0 Å². The molecular formula is C47H76NO10P. The number of carboxylic acid groups (broad SMARTS) is 1. The minimum atomic E-state index is -4.75. The lowest BCUT2D eigenvalue weighted by Gasteiger charge is -2.20. The second-order valence-corrected chi connectivity index (χ2v) is 15.5. The Morgan fingerprint density at radius 1 is 0.542 bits per heavy atom. The number of carbonyl (C=O) groups excluding carboxylic acids is 2. The first-order valence-corrected chi connectivity index (χ1v) is 23.3. The van der Waals surface area contributed by atoms with Crippen molar-refractivity contribution in [1.29, 1.82) is 0 Å². The van der Waals surface area contributed by atoms with E-state index in [0.29, 0.717) is 19.3 Å². The monoisotopic (exact) mass is 846 g/mol. The minimum absolute atomic E-state index is 0.0272. The Morgan fingerprint density at radius 2 is 0.983 bits per heavy atom. The summed E-state index contributed by atoms with van der Waals surface area (Å²) in [5.41, 5.74) is 5.33. The lowest BCUT2D eigenvalue weighted by Crippen LogP contribution is -2.34. The molecule has 0 bridgehead atoms. The van der Waals surface area contributed by atoms with Gasteiger partial charge in [0.05, 0.1) is 13.2 Å². The molecule has 0 saturated heterocycles. The molecule has 0 aliphatic carbocycles. The van der Waals surface area contributed by atoms with Crippen LogP contribution in [0, 0.1) is 0 Å². The van der Waals surface area contributed by atoms with E-state index in [-0.39, 0.29) is 19.4 Å². The summed E-state index contributed by atoms with van der Waals surface area (Å²) < 4.78 is 32.6. The third-order valence-corrected chi connectivity index (χ3v) is 9.53. The molecule has 0 amide bonds. The van der Waals surface area contributed by atoms with Gasteiger partial charge in [-0.2, -0.15) is 0 Å². The Labute approximate surface area is 355 Å². The number of phosphoric acid groups is 1. The van der Waals surface area contributed by atoms with Gasteiger partial charge in [0.2, 0.25) is 0 Å². The first-order chi connectivity index (χ1) is 28.6. The number of ether oxygens (including phenoxy) is 2. The Bertz CT molecular complexity index is 1360. The highest BCUT2D eigenvalue weighted by molar-refractivity contribution is 7.47. The molecule has 0 aliphatic rings. The summed E-state index contributed by atoms with van der Waals surface area (Å²) in [7, 11) is -4.75. The second-order valence-electron chi connectivity index (χ2n) is 14.1. The zero-order valence-corrected chi connectivity index (χ0v) is 36.9. The fourth-order valence-electron chi connectivity index (χ4n) is 5.18. The molecular weight excluding hydrogens is 769 g/mol. The average molecular weight is 846 g/mol. The van der Waals surface area contributed by atoms with Crippen molar-refractivity contribution in [2.75, 3.05) is 19.8 Å². The van der Waals surface area contributed by atoms with Crippen LogP contribution in [-0.4, -0.2) is 59.9 Å². The van der Waals surface area contributed by atoms with Gasteiger partial charge in [0.15, 0.2) is 6.10 Å². The maximum absolute atomic E-state index is 12.6. The molecule has 0 aliphatic heterocycles. The molecule has 0 aromatic carbocycles. The molecule has 3 atom stereocenters. The zero-order chi connectivity index (χ0) is 43.5. The quantitative estimate of drug-likeness (QED) is 0.0233. The summed E-state index contributed by atoms with van der Waals surface area (Å²) in [6.45, 7) is 2.56. The second kappa shape index (κ2) is 41.1. The number of unbranched alkanes of at least 4 members (excludes halogenated alkanes) is 9. The predicted molar refractivity (Wildman–Crippen MR) is 240 cm³/mol. The summed E-state index contributed by atoms with van der Waals surface area (Å²) in [6, 6.07) is -1.54. The summed E-state index contributed by atoms with van der Waals surface area (Å²) in [5, 5.41) is 8.89. The predicted octanol–water partition coefficient (Wildman–Crippen LogP) is 11.7. The van der Waals surface area contributed by atoms with Gasteiger partial charge >= 0.3 is 25.7 Å². The number of rotatable bonds is 39. The topological polar surface area (TPSA) is 172 Å². The van der Waals surface area contributed by atoms with Gasteiger partial charge in [0.1, 0.15) is 12.6 Å². The van der Waals surface area contributed by atoms with E-state index < -0.39 is 51.1 Å². The molecule has 0 aromatic heterocycles. The van der Waals surface area contributed by atoms with E-state index in [0.717, 1.165) is 77.0 Å². The number of aliphatic carboxylic acids is 1. The first-order valence-electron chi connectivity index (χ1n) is 21.8. The Kier molecular flexibility index (Phi) is 38.6.